The van der Waals surface area contributed by atoms with Crippen molar-refractivity contribution in [3.63, 3.8) is 0 Å². The van der Waals surface area contributed by atoms with Gasteiger partial charge in [0.05, 0.1) is 7.11 Å². The monoisotopic (exact) mass is 391 g/mol. The molecule has 152 valence electrons. The topological polar surface area (TPSA) is 114 Å². The second-order valence-electron chi connectivity index (χ2n) is 6.41. The van der Waals surface area contributed by atoms with Crippen molar-refractivity contribution < 1.29 is 28.7 Å². The summed E-state index contributed by atoms with van der Waals surface area (Å²) in [7, 11) is 1.24. The van der Waals surface area contributed by atoms with Crippen LogP contribution >= 0.6 is 0 Å². The molecular formula is C19H25N3O6. The number of carbonyl (C=O) groups excluding carboxylic acids is 4. The van der Waals surface area contributed by atoms with Crippen LogP contribution in [0.3, 0.4) is 0 Å². The van der Waals surface area contributed by atoms with Gasteiger partial charge in [0, 0.05) is 6.54 Å². The van der Waals surface area contributed by atoms with E-state index in [1.165, 1.54) is 18.9 Å². The smallest absolute Gasteiger partial charge is 0.407 e. The van der Waals surface area contributed by atoms with Crippen molar-refractivity contribution in [3.8, 4) is 0 Å². The van der Waals surface area contributed by atoms with Crippen LogP contribution < -0.4 is 10.6 Å². The molecule has 1 heterocycles. The third-order valence-electron chi connectivity index (χ3n) is 4.39. The highest BCUT2D eigenvalue weighted by atomic mass is 16.5. The highest BCUT2D eigenvalue weighted by Crippen LogP contribution is 2.17. The average molecular weight is 391 g/mol. The summed E-state index contributed by atoms with van der Waals surface area (Å²) >= 11 is 0. The van der Waals surface area contributed by atoms with Crippen molar-refractivity contribution in [1.29, 1.82) is 0 Å². The lowest BCUT2D eigenvalue weighted by molar-refractivity contribution is -0.145. The van der Waals surface area contributed by atoms with Gasteiger partial charge in [-0.05, 0) is 25.3 Å². The molecule has 0 aromatic heterocycles. The first-order chi connectivity index (χ1) is 13.4. The SMILES string of the molecule is COC(=O)[C@@H](C)NC(=O)[C@H]1CCCN1C(=O)CNC(=O)OCc1ccccc1. The summed E-state index contributed by atoms with van der Waals surface area (Å²) in [6.45, 7) is 1.74. The van der Waals surface area contributed by atoms with Crippen molar-refractivity contribution in [2.24, 2.45) is 0 Å². The standard InChI is InChI=1S/C19H25N3O6/c1-13(18(25)27-2)21-17(24)15-9-6-10-22(15)16(23)11-20-19(26)28-12-14-7-4-3-5-8-14/h3-5,7-8,13,15H,6,9-12H2,1-2H3,(H,20,26)(H,21,24)/t13-,15-/m1/s1. The molecule has 1 aliphatic heterocycles. The summed E-state index contributed by atoms with van der Waals surface area (Å²) in [6.07, 6.45) is 0.440. The molecule has 1 saturated heterocycles. The van der Waals surface area contributed by atoms with E-state index in [-0.39, 0.29) is 19.1 Å². The zero-order valence-electron chi connectivity index (χ0n) is 16.0. The Morgan fingerprint density at radius 3 is 2.61 bits per heavy atom. The average Bonchev–Trinajstić information content (AvgIpc) is 3.20. The maximum absolute atomic E-state index is 12.4. The molecule has 1 aliphatic rings. The van der Waals surface area contributed by atoms with Gasteiger partial charge < -0.3 is 25.0 Å². The number of likely N-dealkylation sites (tertiary alicyclic amines) is 1. The van der Waals surface area contributed by atoms with Crippen LogP contribution in [0.15, 0.2) is 30.3 Å². The molecule has 0 spiro atoms. The molecule has 2 atom stereocenters. The Morgan fingerprint density at radius 1 is 1.21 bits per heavy atom. The Labute approximate surface area is 163 Å². The Hall–Kier alpha value is -3.10. The molecular weight excluding hydrogens is 366 g/mol. The number of methoxy groups -OCH3 is 1. The van der Waals surface area contributed by atoms with E-state index in [1.54, 1.807) is 0 Å². The van der Waals surface area contributed by atoms with E-state index in [0.29, 0.717) is 19.4 Å². The van der Waals surface area contributed by atoms with Gasteiger partial charge in [-0.25, -0.2) is 9.59 Å². The molecule has 2 N–H and O–H groups in total. The summed E-state index contributed by atoms with van der Waals surface area (Å²) in [5.41, 5.74) is 0.833. The van der Waals surface area contributed by atoms with Crippen molar-refractivity contribution in [3.05, 3.63) is 35.9 Å². The van der Waals surface area contributed by atoms with Gasteiger partial charge in [0.15, 0.2) is 0 Å². The minimum Gasteiger partial charge on any atom is -0.467 e. The zero-order chi connectivity index (χ0) is 20.5. The minimum atomic E-state index is -0.804. The number of rotatable bonds is 7. The van der Waals surface area contributed by atoms with E-state index >= 15 is 0 Å². The number of alkyl carbamates (subject to hydrolysis) is 1. The Morgan fingerprint density at radius 2 is 1.93 bits per heavy atom. The zero-order valence-corrected chi connectivity index (χ0v) is 16.0. The van der Waals surface area contributed by atoms with Crippen LogP contribution in [0.2, 0.25) is 0 Å². The third kappa shape index (κ3) is 5.97. The van der Waals surface area contributed by atoms with Crippen LogP contribution in [0, 0.1) is 0 Å². The maximum atomic E-state index is 12.4. The first-order valence-corrected chi connectivity index (χ1v) is 9.04. The molecule has 0 unspecified atom stereocenters. The van der Waals surface area contributed by atoms with Gasteiger partial charge in [0.1, 0.15) is 25.2 Å². The van der Waals surface area contributed by atoms with Gasteiger partial charge in [0.25, 0.3) is 0 Å². The molecule has 28 heavy (non-hydrogen) atoms. The third-order valence-corrected chi connectivity index (χ3v) is 4.39. The van der Waals surface area contributed by atoms with Gasteiger partial charge >= 0.3 is 12.1 Å². The molecule has 1 aromatic rings. The van der Waals surface area contributed by atoms with Crippen LogP contribution in [0.5, 0.6) is 0 Å². The quantitative estimate of drug-likeness (QED) is 0.658. The lowest BCUT2D eigenvalue weighted by atomic mass is 10.2. The van der Waals surface area contributed by atoms with Gasteiger partial charge in [-0.15, -0.1) is 0 Å². The first-order valence-electron chi connectivity index (χ1n) is 9.04. The molecule has 0 saturated carbocycles. The van der Waals surface area contributed by atoms with Crippen molar-refractivity contribution in [2.45, 2.75) is 38.5 Å². The van der Waals surface area contributed by atoms with Gasteiger partial charge in [0.2, 0.25) is 11.8 Å². The number of esters is 1. The molecule has 0 radical (unpaired) electrons. The number of benzene rings is 1. The fourth-order valence-corrected chi connectivity index (χ4v) is 2.91. The van der Waals surface area contributed by atoms with Crippen LogP contribution in [0.4, 0.5) is 4.79 Å². The summed E-state index contributed by atoms with van der Waals surface area (Å²) in [5.74, 6) is -1.37. The van der Waals surface area contributed by atoms with Crippen LogP contribution in [-0.4, -0.2) is 61.1 Å². The highest BCUT2D eigenvalue weighted by Gasteiger charge is 2.35. The molecule has 3 amide bonds. The molecule has 1 fully saturated rings. The molecule has 9 heteroatoms. The maximum Gasteiger partial charge on any atom is 0.407 e. The second-order valence-corrected chi connectivity index (χ2v) is 6.41. The van der Waals surface area contributed by atoms with E-state index in [9.17, 15) is 19.2 Å². The summed E-state index contributed by atoms with van der Waals surface area (Å²) in [4.78, 5) is 49.4. The fourth-order valence-electron chi connectivity index (χ4n) is 2.91. The number of nitrogens with one attached hydrogen (secondary N) is 2. The number of nitrogens with zero attached hydrogens (tertiary/aromatic N) is 1. The van der Waals surface area contributed by atoms with Crippen LogP contribution in [0.1, 0.15) is 25.3 Å². The van der Waals surface area contributed by atoms with Gasteiger partial charge in [-0.1, -0.05) is 30.3 Å². The molecule has 0 aliphatic carbocycles. The number of hydrogen-bond donors (Lipinski definition) is 2. The molecule has 2 rings (SSSR count). The predicted octanol–water partition coefficient (Wildman–Crippen LogP) is 0.582. The number of amides is 3. The normalized spacial score (nSPS) is 16.8. The first kappa shape index (κ1) is 21.2. The van der Waals surface area contributed by atoms with E-state index in [1.807, 2.05) is 30.3 Å². The van der Waals surface area contributed by atoms with Gasteiger partial charge in [-0.3, -0.25) is 9.59 Å². The highest BCUT2D eigenvalue weighted by molar-refractivity contribution is 5.92. The van der Waals surface area contributed by atoms with Crippen molar-refractivity contribution in [2.75, 3.05) is 20.2 Å². The largest absolute Gasteiger partial charge is 0.467 e. The van der Waals surface area contributed by atoms with E-state index in [0.717, 1.165) is 5.56 Å². The second kappa shape index (κ2) is 10.3. The fraction of sp³-hybridized carbons (Fsp3) is 0.474. The molecule has 9 nitrogen and oxygen atoms in total. The minimum absolute atomic E-state index is 0.0982. The van der Waals surface area contributed by atoms with E-state index < -0.39 is 30.1 Å². The predicted molar refractivity (Wildman–Crippen MR) is 99.0 cm³/mol. The van der Waals surface area contributed by atoms with E-state index in [4.69, 9.17) is 4.74 Å². The summed E-state index contributed by atoms with van der Waals surface area (Å²) < 4.78 is 9.63. The Kier molecular flexibility index (Phi) is 7.79. The summed E-state index contributed by atoms with van der Waals surface area (Å²) in [6, 6.07) is 7.68. The molecule has 1 aromatic carbocycles. The van der Waals surface area contributed by atoms with Crippen LogP contribution in [-0.2, 0) is 30.5 Å². The number of hydrogen-bond acceptors (Lipinski definition) is 6. The number of carbonyl (C=O) groups is 4. The number of ether oxygens (including phenoxy) is 2. The molecule has 0 bridgehead atoms. The summed E-state index contributed by atoms with van der Waals surface area (Å²) in [5, 5.41) is 4.94. The van der Waals surface area contributed by atoms with Crippen LogP contribution in [0.25, 0.3) is 0 Å². The van der Waals surface area contributed by atoms with Gasteiger partial charge in [-0.2, -0.15) is 0 Å². The Bertz CT molecular complexity index is 709. The lowest BCUT2D eigenvalue weighted by Crippen LogP contribution is -2.51. The Balaban J connectivity index is 1.79. The van der Waals surface area contributed by atoms with Crippen molar-refractivity contribution >= 4 is 23.9 Å². The lowest BCUT2D eigenvalue weighted by Gasteiger charge is -2.25. The van der Waals surface area contributed by atoms with E-state index in [2.05, 4.69) is 15.4 Å². The van der Waals surface area contributed by atoms with Crippen molar-refractivity contribution in [1.82, 2.24) is 15.5 Å².